The third-order valence-corrected chi connectivity index (χ3v) is 11.5. The van der Waals surface area contributed by atoms with Crippen molar-refractivity contribution >= 4 is 40.4 Å². The van der Waals surface area contributed by atoms with Crippen LogP contribution >= 0.6 is 0 Å². The lowest BCUT2D eigenvalue weighted by molar-refractivity contribution is -0.135. The van der Waals surface area contributed by atoms with Gasteiger partial charge in [-0.2, -0.15) is 0 Å². The monoisotopic (exact) mass is 902 g/mol. The molecular formula is C47H51F5N8O5. The first-order chi connectivity index (χ1) is 31.2. The van der Waals surface area contributed by atoms with Gasteiger partial charge in [0.25, 0.3) is 0 Å². The molecule has 65 heavy (non-hydrogen) atoms. The molecule has 18 heteroatoms. The number of hydrogen-bond acceptors (Lipinski definition) is 7. The minimum absolute atomic E-state index is 0.0109. The van der Waals surface area contributed by atoms with E-state index in [2.05, 4.69) is 31.6 Å². The van der Waals surface area contributed by atoms with E-state index < -0.39 is 94.8 Å². The zero-order chi connectivity index (χ0) is 46.6. The summed E-state index contributed by atoms with van der Waals surface area (Å²) in [5, 5.41) is 14.1. The molecule has 5 aromatic rings. The van der Waals surface area contributed by atoms with Gasteiger partial charge < -0.3 is 43.0 Å². The highest BCUT2D eigenvalue weighted by atomic mass is 19.2. The number of piperidine rings is 1. The number of amides is 5. The van der Waals surface area contributed by atoms with Crippen molar-refractivity contribution in [3.63, 3.8) is 0 Å². The molecule has 6 rings (SSSR count). The molecule has 0 bridgehead atoms. The van der Waals surface area contributed by atoms with Crippen molar-refractivity contribution < 1.29 is 45.9 Å². The van der Waals surface area contributed by atoms with Crippen molar-refractivity contribution in [2.24, 2.45) is 17.4 Å². The van der Waals surface area contributed by atoms with E-state index in [1.807, 2.05) is 54.6 Å². The predicted octanol–water partition coefficient (Wildman–Crippen LogP) is 4.11. The second kappa shape index (κ2) is 22.3. The molecule has 0 radical (unpaired) electrons. The van der Waals surface area contributed by atoms with Crippen LogP contribution in [0.25, 0.3) is 22.0 Å². The maximum atomic E-state index is 15.2. The third kappa shape index (κ3) is 12.1. The molecule has 4 atom stereocenters. The highest BCUT2D eigenvalue weighted by molar-refractivity contribution is 5.96. The molecule has 1 aromatic heterocycles. The number of fused-ring (bicyclic) bond motifs is 1. The summed E-state index contributed by atoms with van der Waals surface area (Å²) in [5.41, 5.74) is 13.4. The van der Waals surface area contributed by atoms with Crippen LogP contribution < -0.4 is 38.1 Å². The van der Waals surface area contributed by atoms with Crippen molar-refractivity contribution in [1.29, 1.82) is 0 Å². The summed E-state index contributed by atoms with van der Waals surface area (Å²) in [7, 11) is 0. The maximum absolute atomic E-state index is 15.2. The van der Waals surface area contributed by atoms with Gasteiger partial charge in [-0.15, -0.1) is 0 Å². The number of benzene rings is 4. The van der Waals surface area contributed by atoms with E-state index >= 15 is 8.78 Å². The van der Waals surface area contributed by atoms with E-state index in [1.165, 1.54) is 0 Å². The van der Waals surface area contributed by atoms with Crippen molar-refractivity contribution in [2.75, 3.05) is 19.6 Å². The van der Waals surface area contributed by atoms with Gasteiger partial charge in [-0.25, -0.2) is 22.0 Å². The normalized spacial score (nSPS) is 14.8. The first-order valence-electron chi connectivity index (χ1n) is 21.4. The van der Waals surface area contributed by atoms with Crippen LogP contribution in [0.15, 0.2) is 85.1 Å². The lowest BCUT2D eigenvalue weighted by Gasteiger charge is -2.28. The number of nitrogens with two attached hydrogens (primary N) is 2. The quantitative estimate of drug-likeness (QED) is 0.0248. The fraction of sp³-hybridized carbons (Fsp3) is 0.340. The number of carbonyl (C=O) groups is 5. The summed E-state index contributed by atoms with van der Waals surface area (Å²) >= 11 is 0. The minimum atomic E-state index is -2.43. The number of unbranched alkanes of at least 4 members (excludes halogenated alkanes) is 1. The van der Waals surface area contributed by atoms with Gasteiger partial charge >= 0.3 is 0 Å². The summed E-state index contributed by atoms with van der Waals surface area (Å²) in [4.78, 5) is 72.1. The molecule has 0 spiro atoms. The predicted molar refractivity (Wildman–Crippen MR) is 233 cm³/mol. The second-order valence-corrected chi connectivity index (χ2v) is 16.0. The van der Waals surface area contributed by atoms with E-state index in [1.54, 1.807) is 30.5 Å². The molecule has 13 nitrogen and oxygen atoms in total. The van der Waals surface area contributed by atoms with Crippen LogP contribution in [0.5, 0.6) is 0 Å². The topological polar surface area (TPSA) is 213 Å². The molecule has 0 aliphatic carbocycles. The number of rotatable bonds is 20. The van der Waals surface area contributed by atoms with Gasteiger partial charge in [0.1, 0.15) is 24.2 Å². The number of nitrogens with one attached hydrogen (secondary N) is 6. The fourth-order valence-corrected chi connectivity index (χ4v) is 7.85. The van der Waals surface area contributed by atoms with E-state index in [0.717, 1.165) is 11.1 Å². The number of halogens is 5. The zero-order valence-corrected chi connectivity index (χ0v) is 35.3. The Bertz CT molecular complexity index is 2450. The van der Waals surface area contributed by atoms with Crippen LogP contribution in [0, 0.1) is 35.0 Å². The second-order valence-electron chi connectivity index (χ2n) is 16.0. The van der Waals surface area contributed by atoms with Crippen LogP contribution in [0.3, 0.4) is 0 Å². The standard InChI is InChI=1S/C47H51F5N8O5/c48-38-32(39(49)41(51)42(52)40(38)50)24-37(47(65)57-34(43(54)61)12-6-7-19-53)60-46(64)36(23-30-25-56-33-11-5-4-10-31(30)33)59-45(63)35(58-44(62)29-17-20-55-21-18-29)22-26-13-15-28(16-14-26)27-8-2-1-3-9-27/h1-5,8-11,13-16,25,29,34-37,55-56H,6-7,12,17-24,53H2,(H2,54,61)(H,57,65)(H,58,62)(H,59,63)(H,60,64)/t34-,35+,36+,37-/m0/s1. The molecule has 0 saturated carbocycles. The van der Waals surface area contributed by atoms with E-state index in [0.29, 0.717) is 60.8 Å². The molecule has 5 amide bonds. The minimum Gasteiger partial charge on any atom is -0.368 e. The number of aromatic amines is 1. The molecule has 1 saturated heterocycles. The Kier molecular flexibility index (Phi) is 16.4. The molecule has 10 N–H and O–H groups in total. The number of primary amides is 1. The van der Waals surface area contributed by atoms with Crippen LogP contribution in [-0.4, -0.2) is 78.3 Å². The smallest absolute Gasteiger partial charge is 0.243 e. The van der Waals surface area contributed by atoms with Gasteiger partial charge in [0.15, 0.2) is 23.3 Å². The lowest BCUT2D eigenvalue weighted by Crippen LogP contribution is -2.59. The number of carbonyl (C=O) groups excluding carboxylic acids is 5. The highest BCUT2D eigenvalue weighted by Gasteiger charge is 2.35. The maximum Gasteiger partial charge on any atom is 0.243 e. The van der Waals surface area contributed by atoms with Crippen molar-refractivity contribution in [2.45, 2.75) is 75.5 Å². The Hall–Kier alpha value is -6.66. The van der Waals surface area contributed by atoms with Crippen LogP contribution in [0.1, 0.15) is 48.8 Å². The Balaban J connectivity index is 1.34. The van der Waals surface area contributed by atoms with Crippen LogP contribution in [0.2, 0.25) is 0 Å². The van der Waals surface area contributed by atoms with Gasteiger partial charge in [-0.1, -0.05) is 72.8 Å². The number of H-pyrrole nitrogens is 1. The number of para-hydroxylation sites is 1. The van der Waals surface area contributed by atoms with E-state index in [4.69, 9.17) is 11.5 Å². The van der Waals surface area contributed by atoms with Gasteiger partial charge in [0, 0.05) is 47.8 Å². The molecule has 344 valence electrons. The average molecular weight is 903 g/mol. The fourth-order valence-electron chi connectivity index (χ4n) is 7.85. The van der Waals surface area contributed by atoms with Gasteiger partial charge in [0.2, 0.25) is 35.4 Å². The summed E-state index contributed by atoms with van der Waals surface area (Å²) in [5.74, 6) is -16.4. The SMILES string of the molecule is NCCCC[C@H](NC(=O)[C@H](Cc1c(F)c(F)c(F)c(F)c1F)NC(=O)[C@@H](Cc1c[nH]c2ccccc12)NC(=O)[C@@H](Cc1ccc(-c2ccccc2)cc1)NC(=O)C1CCNCC1)C(N)=O. The largest absolute Gasteiger partial charge is 0.368 e. The van der Waals surface area contributed by atoms with Crippen LogP contribution in [0.4, 0.5) is 22.0 Å². The average Bonchev–Trinajstić information content (AvgIpc) is 3.73. The Labute approximate surface area is 371 Å². The summed E-state index contributed by atoms with van der Waals surface area (Å²) < 4.78 is 73.3. The summed E-state index contributed by atoms with van der Waals surface area (Å²) in [6.45, 7) is 1.43. The first-order valence-corrected chi connectivity index (χ1v) is 21.4. The molecule has 1 aliphatic heterocycles. The number of aromatic nitrogens is 1. The first kappa shape index (κ1) is 47.8. The summed E-state index contributed by atoms with van der Waals surface area (Å²) in [6, 6.07) is 17.7. The molecule has 2 heterocycles. The van der Waals surface area contributed by atoms with Gasteiger partial charge in [-0.05, 0) is 80.1 Å². The van der Waals surface area contributed by atoms with Crippen LogP contribution in [-0.2, 0) is 43.2 Å². The molecule has 1 aliphatic rings. The third-order valence-electron chi connectivity index (χ3n) is 11.5. The highest BCUT2D eigenvalue weighted by Crippen LogP contribution is 2.26. The van der Waals surface area contributed by atoms with E-state index in [-0.39, 0.29) is 31.7 Å². The Morgan fingerprint density at radius 2 is 1.15 bits per heavy atom. The molecule has 4 aromatic carbocycles. The Morgan fingerprint density at radius 3 is 1.77 bits per heavy atom. The van der Waals surface area contributed by atoms with E-state index in [9.17, 15) is 37.1 Å². The molecule has 0 unspecified atom stereocenters. The molecular weight excluding hydrogens is 852 g/mol. The Morgan fingerprint density at radius 1 is 0.615 bits per heavy atom. The van der Waals surface area contributed by atoms with Crippen molar-refractivity contribution in [1.82, 2.24) is 31.6 Å². The summed E-state index contributed by atoms with van der Waals surface area (Å²) in [6.07, 6.45) is 1.81. The van der Waals surface area contributed by atoms with Gasteiger partial charge in [-0.3, -0.25) is 24.0 Å². The van der Waals surface area contributed by atoms with Crippen molar-refractivity contribution in [3.8, 4) is 11.1 Å². The zero-order valence-electron chi connectivity index (χ0n) is 35.3. The molecule has 1 fully saturated rings. The lowest BCUT2D eigenvalue weighted by atomic mass is 9.95. The number of hydrogen-bond donors (Lipinski definition) is 8. The van der Waals surface area contributed by atoms with Crippen molar-refractivity contribution in [3.05, 3.63) is 131 Å². The van der Waals surface area contributed by atoms with Gasteiger partial charge in [0.05, 0.1) is 0 Å².